The Kier molecular flexibility index (Phi) is 7.51. The zero-order valence-electron chi connectivity index (χ0n) is 23.6. The number of aliphatic hydroxyl groups excluding tert-OH is 1. The van der Waals surface area contributed by atoms with Crippen LogP contribution in [0.15, 0.2) is 11.6 Å². The highest BCUT2D eigenvalue weighted by Crippen LogP contribution is 2.73. The number of alkyl halides is 1. The van der Waals surface area contributed by atoms with Gasteiger partial charge in [-0.3, -0.25) is 13.8 Å². The van der Waals surface area contributed by atoms with E-state index >= 15 is 4.39 Å². The van der Waals surface area contributed by atoms with Gasteiger partial charge in [0.2, 0.25) is 0 Å². The van der Waals surface area contributed by atoms with Crippen LogP contribution in [0.4, 0.5) is 4.39 Å². The molecular formula is C28H42FO9P. The molecule has 220 valence electrons. The Balaban J connectivity index is 1.57. The van der Waals surface area contributed by atoms with Gasteiger partial charge in [-0.2, -0.15) is 0 Å². The molecule has 0 bridgehead atoms. The van der Waals surface area contributed by atoms with Crippen LogP contribution in [0.2, 0.25) is 0 Å². The molecule has 5 aliphatic rings. The molecule has 0 radical (unpaired) electrons. The van der Waals surface area contributed by atoms with E-state index in [9.17, 15) is 19.3 Å². The molecule has 0 spiro atoms. The van der Waals surface area contributed by atoms with Gasteiger partial charge in [-0.05, 0) is 64.4 Å². The van der Waals surface area contributed by atoms with E-state index < -0.39 is 60.3 Å². The first-order chi connectivity index (χ1) is 18.3. The predicted molar refractivity (Wildman–Crippen MR) is 138 cm³/mol. The molecule has 0 aromatic rings. The van der Waals surface area contributed by atoms with Crippen molar-refractivity contribution in [1.29, 1.82) is 0 Å². The Morgan fingerprint density at radius 2 is 1.87 bits per heavy atom. The topological polar surface area (TPSA) is 118 Å². The van der Waals surface area contributed by atoms with Crippen LogP contribution < -0.4 is 0 Å². The maximum absolute atomic E-state index is 17.6. The quantitative estimate of drug-likeness (QED) is 0.392. The lowest BCUT2D eigenvalue weighted by atomic mass is 9.44. The van der Waals surface area contributed by atoms with E-state index in [0.29, 0.717) is 32.1 Å². The van der Waals surface area contributed by atoms with Crippen LogP contribution in [0.25, 0.3) is 0 Å². The second-order valence-corrected chi connectivity index (χ2v) is 13.8. The van der Waals surface area contributed by atoms with Crippen molar-refractivity contribution in [2.24, 2.45) is 22.7 Å². The van der Waals surface area contributed by atoms with Crippen LogP contribution in [0.1, 0.15) is 86.0 Å². The Morgan fingerprint density at radius 3 is 2.51 bits per heavy atom. The molecule has 3 saturated carbocycles. The van der Waals surface area contributed by atoms with Gasteiger partial charge in [-0.1, -0.05) is 32.8 Å². The van der Waals surface area contributed by atoms with Crippen LogP contribution in [-0.4, -0.2) is 59.8 Å². The highest BCUT2D eigenvalue weighted by molar-refractivity contribution is 7.49. The molecule has 4 aliphatic carbocycles. The lowest BCUT2D eigenvalue weighted by molar-refractivity contribution is -0.242. The van der Waals surface area contributed by atoms with E-state index in [1.807, 2.05) is 20.8 Å². The number of carbonyl (C=O) groups is 2. The van der Waals surface area contributed by atoms with Gasteiger partial charge in [0.15, 0.2) is 17.7 Å². The summed E-state index contributed by atoms with van der Waals surface area (Å²) in [5, 5.41) is 11.7. The molecule has 0 amide bonds. The van der Waals surface area contributed by atoms with E-state index in [-0.39, 0.29) is 37.8 Å². The Hall–Kier alpha value is -1.16. The lowest BCUT2D eigenvalue weighted by Crippen LogP contribution is -2.70. The number of allylic oxidation sites excluding steroid dienone is 1. The number of hydrogen-bond donors (Lipinski definition) is 1. The number of ketones is 1. The average Bonchev–Trinajstić information content (AvgIpc) is 3.33. The number of carbonyl (C=O) groups excluding carboxylic acids is 2. The van der Waals surface area contributed by atoms with Crippen molar-refractivity contribution in [1.82, 2.24) is 0 Å². The summed E-state index contributed by atoms with van der Waals surface area (Å²) in [6.45, 7) is 8.86. The number of fused-ring (bicyclic) bond motifs is 7. The minimum Gasteiger partial charge on any atom is -0.390 e. The van der Waals surface area contributed by atoms with Gasteiger partial charge in [0.05, 0.1) is 19.3 Å². The zero-order valence-corrected chi connectivity index (χ0v) is 24.5. The Labute approximate surface area is 229 Å². The second-order valence-electron chi connectivity index (χ2n) is 12.2. The van der Waals surface area contributed by atoms with E-state index in [4.69, 9.17) is 23.0 Å². The van der Waals surface area contributed by atoms with Gasteiger partial charge in [0.1, 0.15) is 11.8 Å². The minimum absolute atomic E-state index is 0.00120. The number of hydrogen-bond acceptors (Lipinski definition) is 9. The molecule has 0 aromatic carbocycles. The highest BCUT2D eigenvalue weighted by Gasteiger charge is 2.80. The molecule has 5 rings (SSSR count). The lowest BCUT2D eigenvalue weighted by Gasteiger charge is -2.63. The fraction of sp³-hybridized carbons (Fsp3) is 0.857. The molecule has 11 heteroatoms. The van der Waals surface area contributed by atoms with Crippen LogP contribution in [0, 0.1) is 22.7 Å². The van der Waals surface area contributed by atoms with Crippen molar-refractivity contribution in [3.05, 3.63) is 11.6 Å². The number of rotatable bonds is 8. The molecule has 0 unspecified atom stereocenters. The van der Waals surface area contributed by atoms with Crippen molar-refractivity contribution in [3.63, 3.8) is 0 Å². The molecule has 9 atom stereocenters. The summed E-state index contributed by atoms with van der Waals surface area (Å²) in [6.07, 6.45) is 1.74. The third-order valence-electron chi connectivity index (χ3n) is 10.4. The number of phosphoric acid groups is 1. The summed E-state index contributed by atoms with van der Waals surface area (Å²) >= 11 is 0. The number of phosphoric ester groups is 1. The van der Waals surface area contributed by atoms with Crippen LogP contribution in [-0.2, 0) is 37.2 Å². The second kappa shape index (κ2) is 9.99. The Bertz CT molecular complexity index is 1090. The van der Waals surface area contributed by atoms with Gasteiger partial charge >= 0.3 is 13.8 Å². The summed E-state index contributed by atoms with van der Waals surface area (Å²) in [5.41, 5.74) is -5.01. The first-order valence-corrected chi connectivity index (χ1v) is 15.9. The number of ether oxygens (including phenoxy) is 2. The Morgan fingerprint density at radius 1 is 1.18 bits per heavy atom. The summed E-state index contributed by atoms with van der Waals surface area (Å²) in [7, 11) is -4.25. The van der Waals surface area contributed by atoms with Crippen molar-refractivity contribution >= 4 is 19.6 Å². The molecule has 1 N–H and O–H groups in total. The maximum Gasteiger partial charge on any atom is 0.532 e. The fourth-order valence-corrected chi connectivity index (χ4v) is 9.83. The number of aliphatic hydroxyl groups is 1. The van der Waals surface area contributed by atoms with Crippen molar-refractivity contribution in [3.8, 4) is 0 Å². The normalized spacial score (nSPS) is 45.2. The third-order valence-corrected chi connectivity index (χ3v) is 12.0. The molecular weight excluding hydrogens is 530 g/mol. The first-order valence-electron chi connectivity index (χ1n) is 14.4. The summed E-state index contributed by atoms with van der Waals surface area (Å²) in [4.78, 5) is 26.3. The maximum atomic E-state index is 17.6. The van der Waals surface area contributed by atoms with Crippen molar-refractivity contribution in [2.75, 3.05) is 13.2 Å². The van der Waals surface area contributed by atoms with Gasteiger partial charge in [-0.25, -0.2) is 13.8 Å². The summed E-state index contributed by atoms with van der Waals surface area (Å²) in [5.74, 6) is -1.92. The SMILES string of the molecule is CCC[C@@H]1O[C@@H]2C[C@H]3[C@@H]4CCC5=CC(=O)CC[C@]5(C)[C@@]4(F)[C@@H](O)C[C@]3(C)[C@]2(C(=O)OP(=O)(OCC)OCC)O1. The largest absolute Gasteiger partial charge is 0.532 e. The minimum atomic E-state index is -4.25. The molecule has 1 heterocycles. The van der Waals surface area contributed by atoms with Gasteiger partial charge < -0.3 is 19.1 Å². The van der Waals surface area contributed by atoms with Crippen molar-refractivity contribution < 1.29 is 46.7 Å². The van der Waals surface area contributed by atoms with Crippen LogP contribution in [0.3, 0.4) is 0 Å². The predicted octanol–water partition coefficient (Wildman–Crippen LogP) is 5.20. The van der Waals surface area contributed by atoms with Gasteiger partial charge in [-0.15, -0.1) is 0 Å². The van der Waals surface area contributed by atoms with Crippen LogP contribution >= 0.6 is 7.82 Å². The van der Waals surface area contributed by atoms with E-state index in [2.05, 4.69) is 0 Å². The summed E-state index contributed by atoms with van der Waals surface area (Å²) < 4.78 is 59.5. The van der Waals surface area contributed by atoms with E-state index in [0.717, 1.165) is 12.0 Å². The average molecular weight is 573 g/mol. The molecule has 0 aromatic heterocycles. The van der Waals surface area contributed by atoms with Gasteiger partial charge in [0, 0.05) is 23.2 Å². The van der Waals surface area contributed by atoms with E-state index in [1.165, 1.54) is 0 Å². The fourth-order valence-electron chi connectivity index (χ4n) is 8.68. The highest BCUT2D eigenvalue weighted by atomic mass is 31.2. The smallest absolute Gasteiger partial charge is 0.390 e. The third kappa shape index (κ3) is 3.99. The molecule has 1 saturated heterocycles. The molecule has 9 nitrogen and oxygen atoms in total. The standard InChI is InChI=1S/C28H42FO9P/c1-6-9-23-36-22-15-20-19-11-10-17-14-18(30)12-13-25(17,4)27(19,29)21(31)16-26(20,5)28(22,37-23)24(32)38-39(33,34-7-2)35-8-3/h14,19-23,31H,6-13,15-16H2,1-5H3/t19-,20-,21-,22+,23+,25-,26-,27-,28-/m0/s1. The van der Waals surface area contributed by atoms with Gasteiger partial charge in [0.25, 0.3) is 0 Å². The van der Waals surface area contributed by atoms with E-state index in [1.54, 1.807) is 19.9 Å². The zero-order chi connectivity index (χ0) is 28.4. The monoisotopic (exact) mass is 572 g/mol. The summed E-state index contributed by atoms with van der Waals surface area (Å²) in [6, 6.07) is 0. The van der Waals surface area contributed by atoms with Crippen molar-refractivity contribution in [2.45, 2.75) is 116 Å². The molecule has 4 fully saturated rings. The first kappa shape index (κ1) is 29.3. The molecule has 1 aliphatic heterocycles. The molecule has 39 heavy (non-hydrogen) atoms. The number of halogens is 1. The van der Waals surface area contributed by atoms with Crippen LogP contribution in [0.5, 0.6) is 0 Å².